The number of nitrogens with zero attached hydrogens (tertiary/aromatic N) is 2. The van der Waals surface area contributed by atoms with Crippen LogP contribution < -0.4 is 15.6 Å². The smallest absolute Gasteiger partial charge is 0.262 e. The van der Waals surface area contributed by atoms with E-state index < -0.39 is 5.25 Å². The molecule has 0 unspecified atom stereocenters. The van der Waals surface area contributed by atoms with Gasteiger partial charge in [-0.2, -0.15) is 0 Å². The van der Waals surface area contributed by atoms with E-state index in [1.807, 2.05) is 48.5 Å². The lowest BCUT2D eigenvalue weighted by molar-refractivity contribution is -0.115. The third kappa shape index (κ3) is 4.35. The maximum atomic E-state index is 13.5. The first-order valence-electron chi connectivity index (χ1n) is 11.2. The molecule has 0 aliphatic heterocycles. The van der Waals surface area contributed by atoms with Crippen LogP contribution in [0, 0.1) is 0 Å². The first-order valence-corrected chi connectivity index (χ1v) is 12.9. The van der Waals surface area contributed by atoms with Crippen LogP contribution in [0.4, 0.5) is 5.69 Å². The fraction of sp³-hybridized carbons (Fsp3) is 0.269. The molecule has 1 N–H and O–H groups in total. The van der Waals surface area contributed by atoms with Crippen LogP contribution in [0.1, 0.15) is 34.1 Å². The number of aromatic nitrogens is 2. The zero-order valence-corrected chi connectivity index (χ0v) is 20.7. The summed E-state index contributed by atoms with van der Waals surface area (Å²) in [6, 6.07) is 16.8. The maximum Gasteiger partial charge on any atom is 0.262 e. The van der Waals surface area contributed by atoms with Gasteiger partial charge in [-0.3, -0.25) is 14.2 Å². The number of methoxy groups -OCH3 is 1. The van der Waals surface area contributed by atoms with Gasteiger partial charge in [-0.05, 0) is 48.9 Å². The number of ether oxygens (including phenoxy) is 1. The van der Waals surface area contributed by atoms with Gasteiger partial charge < -0.3 is 10.1 Å². The molecule has 1 aliphatic carbocycles. The Bertz CT molecular complexity index is 1410. The van der Waals surface area contributed by atoms with Gasteiger partial charge in [0.25, 0.3) is 5.56 Å². The first-order chi connectivity index (χ1) is 16.5. The van der Waals surface area contributed by atoms with Crippen molar-refractivity contribution in [3.63, 3.8) is 0 Å². The van der Waals surface area contributed by atoms with Crippen molar-refractivity contribution in [3.05, 3.63) is 81.0 Å². The average molecular weight is 492 g/mol. The fourth-order valence-electron chi connectivity index (χ4n) is 4.29. The molecular weight excluding hydrogens is 466 g/mol. The van der Waals surface area contributed by atoms with Gasteiger partial charge in [0.05, 0.1) is 12.5 Å². The molecule has 174 valence electrons. The fourth-order valence-corrected chi connectivity index (χ4v) is 6.65. The van der Waals surface area contributed by atoms with E-state index in [2.05, 4.69) is 5.32 Å². The highest BCUT2D eigenvalue weighted by Crippen LogP contribution is 2.38. The first kappa shape index (κ1) is 22.7. The van der Waals surface area contributed by atoms with E-state index in [1.54, 1.807) is 36.1 Å². The third-order valence-electron chi connectivity index (χ3n) is 6.06. The Balaban J connectivity index is 1.52. The summed E-state index contributed by atoms with van der Waals surface area (Å²) in [4.78, 5) is 33.7. The number of fused-ring (bicyclic) bond motifs is 3. The van der Waals surface area contributed by atoms with Crippen LogP contribution in [0.3, 0.4) is 0 Å². The zero-order valence-electron chi connectivity index (χ0n) is 19.0. The van der Waals surface area contributed by atoms with Gasteiger partial charge in [-0.15, -0.1) is 11.3 Å². The van der Waals surface area contributed by atoms with Gasteiger partial charge in [0, 0.05) is 23.7 Å². The number of carbonyl (C=O) groups excluding carboxylic acids is 1. The Hall–Kier alpha value is -3.10. The number of thioether (sulfide) groups is 1. The molecule has 34 heavy (non-hydrogen) atoms. The normalized spacial score (nSPS) is 13.9. The van der Waals surface area contributed by atoms with Crippen LogP contribution in [0.2, 0.25) is 0 Å². The number of thiophene rings is 1. The second-order valence-electron chi connectivity index (χ2n) is 8.28. The van der Waals surface area contributed by atoms with Crippen molar-refractivity contribution in [2.75, 3.05) is 12.4 Å². The van der Waals surface area contributed by atoms with Crippen molar-refractivity contribution in [2.24, 2.45) is 7.05 Å². The summed E-state index contributed by atoms with van der Waals surface area (Å²) >= 11 is 2.92. The lowest BCUT2D eigenvalue weighted by Gasteiger charge is -2.18. The van der Waals surface area contributed by atoms with Gasteiger partial charge >= 0.3 is 0 Å². The van der Waals surface area contributed by atoms with Gasteiger partial charge in [-0.25, -0.2) is 4.98 Å². The molecule has 5 rings (SSSR count). The predicted octanol–water partition coefficient (Wildman–Crippen LogP) is 5.35. The van der Waals surface area contributed by atoms with Crippen molar-refractivity contribution in [1.29, 1.82) is 0 Å². The van der Waals surface area contributed by atoms with Crippen LogP contribution in [0.25, 0.3) is 10.2 Å². The van der Waals surface area contributed by atoms with Gasteiger partial charge in [-0.1, -0.05) is 48.2 Å². The van der Waals surface area contributed by atoms with E-state index in [0.717, 1.165) is 41.5 Å². The van der Waals surface area contributed by atoms with E-state index in [1.165, 1.54) is 22.2 Å². The highest BCUT2D eigenvalue weighted by atomic mass is 32.2. The van der Waals surface area contributed by atoms with Crippen molar-refractivity contribution < 1.29 is 9.53 Å². The summed E-state index contributed by atoms with van der Waals surface area (Å²) in [7, 11) is 3.33. The molecule has 0 saturated heterocycles. The molecule has 0 fully saturated rings. The summed E-state index contributed by atoms with van der Waals surface area (Å²) in [6.45, 7) is 0. The molecule has 6 nitrogen and oxygen atoms in total. The molecule has 1 amide bonds. The number of hydrogen-bond donors (Lipinski definition) is 1. The Labute approximate surface area is 206 Å². The molecular formula is C26H25N3O3S2. The molecule has 0 spiro atoms. The SMILES string of the molecule is COc1cccc(NC(=O)[C@@H](Sc2nc3sc4c(c3c(=O)n2C)CCCC4)c2ccccc2)c1. The molecule has 2 heterocycles. The zero-order chi connectivity index (χ0) is 23.7. The van der Waals surface area contributed by atoms with Crippen LogP contribution in [0.5, 0.6) is 5.75 Å². The molecule has 0 bridgehead atoms. The lowest BCUT2D eigenvalue weighted by Crippen LogP contribution is -2.23. The summed E-state index contributed by atoms with van der Waals surface area (Å²) in [5, 5.41) is 3.69. The summed E-state index contributed by atoms with van der Waals surface area (Å²) in [5.41, 5.74) is 2.63. The molecule has 0 saturated carbocycles. The molecule has 2 aromatic heterocycles. The molecule has 2 aromatic carbocycles. The number of carbonyl (C=O) groups is 1. The van der Waals surface area contributed by atoms with Crippen molar-refractivity contribution >= 4 is 44.9 Å². The highest BCUT2D eigenvalue weighted by Gasteiger charge is 2.27. The number of rotatable bonds is 6. The minimum Gasteiger partial charge on any atom is -0.497 e. The lowest BCUT2D eigenvalue weighted by atomic mass is 9.97. The minimum absolute atomic E-state index is 0.0353. The summed E-state index contributed by atoms with van der Waals surface area (Å²) in [5.74, 6) is 0.474. The number of nitrogens with one attached hydrogen (secondary N) is 1. The number of anilines is 1. The number of aryl methyl sites for hydroxylation is 2. The quantitative estimate of drug-likeness (QED) is 0.291. The molecule has 8 heteroatoms. The molecule has 0 radical (unpaired) electrons. The molecule has 1 atom stereocenters. The summed E-state index contributed by atoms with van der Waals surface area (Å²) < 4.78 is 6.86. The largest absolute Gasteiger partial charge is 0.497 e. The van der Waals surface area contributed by atoms with Crippen LogP contribution in [-0.2, 0) is 24.7 Å². The monoisotopic (exact) mass is 491 g/mol. The number of hydrogen-bond acceptors (Lipinski definition) is 6. The van der Waals surface area contributed by atoms with Crippen molar-refractivity contribution in [3.8, 4) is 5.75 Å². The summed E-state index contributed by atoms with van der Waals surface area (Å²) in [6.07, 6.45) is 4.22. The molecule has 1 aliphatic rings. The number of benzene rings is 2. The Morgan fingerprint density at radius 1 is 1.15 bits per heavy atom. The van der Waals surface area contributed by atoms with Crippen molar-refractivity contribution in [1.82, 2.24) is 9.55 Å². The standard InChI is InChI=1S/C26H25N3O3S2/c1-29-25(31)21-19-13-6-7-14-20(19)33-24(21)28-26(29)34-22(16-9-4-3-5-10-16)23(30)27-17-11-8-12-18(15-17)32-2/h3-5,8-12,15,22H,6-7,13-14H2,1-2H3,(H,27,30)/t22-/m0/s1. The Kier molecular flexibility index (Phi) is 6.43. The topological polar surface area (TPSA) is 73.2 Å². The van der Waals surface area contributed by atoms with E-state index >= 15 is 0 Å². The van der Waals surface area contributed by atoms with Gasteiger partial charge in [0.2, 0.25) is 5.91 Å². The Morgan fingerprint density at radius 2 is 1.94 bits per heavy atom. The van der Waals surface area contributed by atoms with Crippen LogP contribution >= 0.6 is 23.1 Å². The average Bonchev–Trinajstić information content (AvgIpc) is 3.24. The van der Waals surface area contributed by atoms with Gasteiger partial charge in [0.1, 0.15) is 15.8 Å². The maximum absolute atomic E-state index is 13.5. The predicted molar refractivity (Wildman–Crippen MR) is 138 cm³/mol. The Morgan fingerprint density at radius 3 is 2.74 bits per heavy atom. The van der Waals surface area contributed by atoms with E-state index in [0.29, 0.717) is 16.6 Å². The highest BCUT2D eigenvalue weighted by molar-refractivity contribution is 8.00. The second kappa shape index (κ2) is 9.64. The molecule has 4 aromatic rings. The van der Waals surface area contributed by atoms with E-state index in [9.17, 15) is 9.59 Å². The third-order valence-corrected chi connectivity index (χ3v) is 8.54. The van der Waals surface area contributed by atoms with Crippen LogP contribution in [-0.4, -0.2) is 22.6 Å². The second-order valence-corrected chi connectivity index (χ2v) is 10.4. The van der Waals surface area contributed by atoms with Crippen molar-refractivity contribution in [2.45, 2.75) is 36.1 Å². The van der Waals surface area contributed by atoms with Gasteiger partial charge in [0.15, 0.2) is 5.16 Å². The van der Waals surface area contributed by atoms with E-state index in [4.69, 9.17) is 9.72 Å². The minimum atomic E-state index is -0.586. The number of amides is 1. The van der Waals surface area contributed by atoms with E-state index in [-0.39, 0.29) is 11.5 Å². The van der Waals surface area contributed by atoms with Crippen LogP contribution in [0.15, 0.2) is 64.5 Å².